The number of phenolic OH excluding ortho intramolecular Hbond substituents is 1. The molecule has 38 heavy (non-hydrogen) atoms. The molecule has 2 unspecified atom stereocenters. The van der Waals surface area contributed by atoms with Gasteiger partial charge in [-0.25, -0.2) is 4.98 Å². The molecule has 2 amide bonds. The maximum Gasteiger partial charge on any atom is 0.306 e. The second-order valence-corrected chi connectivity index (χ2v) is 10.5. The fourth-order valence-corrected chi connectivity index (χ4v) is 4.84. The molecule has 0 radical (unpaired) electrons. The van der Waals surface area contributed by atoms with Gasteiger partial charge in [0.1, 0.15) is 23.4 Å². The number of hydrogen-bond acceptors (Lipinski definition) is 7. The second-order valence-electron chi connectivity index (χ2n) is 9.64. The Hall–Kier alpha value is -3.72. The summed E-state index contributed by atoms with van der Waals surface area (Å²) in [5, 5.41) is 18.0. The van der Waals surface area contributed by atoms with Crippen LogP contribution in [-0.2, 0) is 38.6 Å². The molecule has 3 aromatic rings. The lowest BCUT2D eigenvalue weighted by atomic mass is 10.0. The average molecular weight is 538 g/mol. The first-order chi connectivity index (χ1) is 18.2. The maximum absolute atomic E-state index is 13.4. The molecule has 3 N–H and O–H groups in total. The maximum atomic E-state index is 13.4. The fraction of sp³-hybridized carbons (Fsp3) is 0.379. The van der Waals surface area contributed by atoms with Crippen LogP contribution < -0.4 is 10.6 Å². The van der Waals surface area contributed by atoms with Crippen LogP contribution in [0.5, 0.6) is 5.75 Å². The summed E-state index contributed by atoms with van der Waals surface area (Å²) < 4.78 is 5.42. The van der Waals surface area contributed by atoms with Crippen molar-refractivity contribution in [3.05, 3.63) is 81.8 Å². The number of nitrogens with zero attached hydrogens (tertiary/aromatic N) is 1. The highest BCUT2D eigenvalue weighted by Crippen LogP contribution is 2.25. The molecule has 0 aliphatic rings. The number of hydrogen-bond donors (Lipinski definition) is 3. The van der Waals surface area contributed by atoms with Gasteiger partial charge < -0.3 is 20.5 Å². The van der Waals surface area contributed by atoms with E-state index in [1.165, 1.54) is 30.4 Å². The van der Waals surface area contributed by atoms with Crippen LogP contribution >= 0.6 is 11.3 Å². The Morgan fingerprint density at radius 1 is 0.974 bits per heavy atom. The van der Waals surface area contributed by atoms with Gasteiger partial charge in [-0.15, -0.1) is 11.3 Å². The van der Waals surface area contributed by atoms with Crippen LogP contribution in [0.3, 0.4) is 0 Å². The molecule has 0 saturated carbocycles. The zero-order chi connectivity index (χ0) is 27.5. The Morgan fingerprint density at radius 3 is 2.34 bits per heavy atom. The van der Waals surface area contributed by atoms with Gasteiger partial charge in [-0.3, -0.25) is 14.4 Å². The van der Waals surface area contributed by atoms with E-state index in [0.717, 1.165) is 23.2 Å². The van der Waals surface area contributed by atoms with Gasteiger partial charge in [0, 0.05) is 25.1 Å². The van der Waals surface area contributed by atoms with Crippen molar-refractivity contribution in [2.75, 3.05) is 0 Å². The minimum absolute atomic E-state index is 0.0969. The Balaban J connectivity index is 1.71. The smallest absolute Gasteiger partial charge is 0.306 e. The number of carbonyl (C=O) groups is 3. The molecule has 3 rings (SSSR count). The van der Waals surface area contributed by atoms with Crippen molar-refractivity contribution in [1.82, 2.24) is 15.6 Å². The molecule has 0 saturated heterocycles. The van der Waals surface area contributed by atoms with Crippen LogP contribution in [0.2, 0.25) is 0 Å². The van der Waals surface area contributed by atoms with E-state index in [-0.39, 0.29) is 43.0 Å². The van der Waals surface area contributed by atoms with Crippen molar-refractivity contribution in [1.29, 1.82) is 0 Å². The van der Waals surface area contributed by atoms with E-state index in [2.05, 4.69) is 24.5 Å². The summed E-state index contributed by atoms with van der Waals surface area (Å²) in [5.74, 6) is -0.528. The molecule has 1 aromatic heterocycles. The van der Waals surface area contributed by atoms with Gasteiger partial charge in [0.2, 0.25) is 11.8 Å². The molecule has 0 aliphatic heterocycles. The number of esters is 1. The number of ether oxygens (including phenoxy) is 1. The normalized spacial score (nSPS) is 12.5. The Kier molecular flexibility index (Phi) is 10.8. The molecule has 2 atom stereocenters. The van der Waals surface area contributed by atoms with Gasteiger partial charge in [0.15, 0.2) is 0 Å². The monoisotopic (exact) mass is 537 g/mol. The SMILES string of the molecule is CC(=O)NC(Cc1ccc(O)cc1)C(=O)NC(CCC(=O)OCc1ccccc1)c1nc(CC(C)C)cs1. The van der Waals surface area contributed by atoms with Crippen LogP contribution in [0, 0.1) is 5.92 Å². The molecule has 202 valence electrons. The molecule has 0 fully saturated rings. The van der Waals surface area contributed by atoms with E-state index in [1.54, 1.807) is 12.1 Å². The van der Waals surface area contributed by atoms with Crippen LogP contribution in [0.4, 0.5) is 0 Å². The van der Waals surface area contributed by atoms with Gasteiger partial charge in [0.25, 0.3) is 0 Å². The number of thiazole rings is 1. The average Bonchev–Trinajstić information content (AvgIpc) is 3.34. The van der Waals surface area contributed by atoms with Gasteiger partial charge in [-0.1, -0.05) is 56.3 Å². The quantitative estimate of drug-likeness (QED) is 0.277. The third-order valence-corrected chi connectivity index (χ3v) is 6.76. The summed E-state index contributed by atoms with van der Waals surface area (Å²) in [5.41, 5.74) is 2.62. The highest BCUT2D eigenvalue weighted by atomic mass is 32.1. The third-order valence-electron chi connectivity index (χ3n) is 5.75. The minimum Gasteiger partial charge on any atom is -0.508 e. The Bertz CT molecular complexity index is 1190. The number of aromatic hydroxyl groups is 1. The van der Waals surface area contributed by atoms with Crippen molar-refractivity contribution >= 4 is 29.1 Å². The van der Waals surface area contributed by atoms with Crippen molar-refractivity contribution in [2.45, 2.75) is 65.1 Å². The first-order valence-corrected chi connectivity index (χ1v) is 13.6. The zero-order valence-electron chi connectivity index (χ0n) is 22.0. The topological polar surface area (TPSA) is 118 Å². The highest BCUT2D eigenvalue weighted by molar-refractivity contribution is 7.09. The van der Waals surface area contributed by atoms with E-state index in [0.29, 0.717) is 17.3 Å². The van der Waals surface area contributed by atoms with E-state index < -0.39 is 12.1 Å². The summed E-state index contributed by atoms with van der Waals surface area (Å²) in [7, 11) is 0. The molecule has 8 nitrogen and oxygen atoms in total. The molecular formula is C29H35N3O5S. The van der Waals surface area contributed by atoms with E-state index in [4.69, 9.17) is 9.72 Å². The minimum atomic E-state index is -0.834. The second kappa shape index (κ2) is 14.3. The first-order valence-electron chi connectivity index (χ1n) is 12.7. The van der Waals surface area contributed by atoms with E-state index >= 15 is 0 Å². The third kappa shape index (κ3) is 9.63. The van der Waals surface area contributed by atoms with Crippen LogP contribution in [-0.4, -0.2) is 33.9 Å². The van der Waals surface area contributed by atoms with E-state index in [1.807, 2.05) is 35.7 Å². The van der Waals surface area contributed by atoms with Gasteiger partial charge in [-0.05, 0) is 42.0 Å². The first kappa shape index (κ1) is 28.8. The zero-order valence-corrected chi connectivity index (χ0v) is 22.8. The Labute approximate surface area is 227 Å². The summed E-state index contributed by atoms with van der Waals surface area (Å²) in [6, 6.07) is 14.6. The molecule has 2 aromatic carbocycles. The van der Waals surface area contributed by atoms with Gasteiger partial charge in [-0.2, -0.15) is 0 Å². The highest BCUT2D eigenvalue weighted by Gasteiger charge is 2.26. The Morgan fingerprint density at radius 2 is 1.68 bits per heavy atom. The number of amides is 2. The predicted octanol–water partition coefficient (Wildman–Crippen LogP) is 4.48. The summed E-state index contributed by atoms with van der Waals surface area (Å²) in [6.07, 6.45) is 1.46. The van der Waals surface area contributed by atoms with Gasteiger partial charge >= 0.3 is 5.97 Å². The predicted molar refractivity (Wildman–Crippen MR) is 146 cm³/mol. The van der Waals surface area contributed by atoms with Crippen molar-refractivity contribution < 1.29 is 24.2 Å². The molecule has 0 bridgehead atoms. The molecular weight excluding hydrogens is 502 g/mol. The number of phenols is 1. The number of carbonyl (C=O) groups excluding carboxylic acids is 3. The van der Waals surface area contributed by atoms with Crippen LogP contribution in [0.25, 0.3) is 0 Å². The number of nitrogens with one attached hydrogen (secondary N) is 2. The fourth-order valence-electron chi connectivity index (χ4n) is 3.92. The lowest BCUT2D eigenvalue weighted by Gasteiger charge is -2.22. The van der Waals surface area contributed by atoms with Crippen molar-refractivity contribution in [3.8, 4) is 5.75 Å². The molecule has 1 heterocycles. The van der Waals surface area contributed by atoms with Crippen molar-refractivity contribution in [3.63, 3.8) is 0 Å². The summed E-state index contributed by atoms with van der Waals surface area (Å²) >= 11 is 1.44. The summed E-state index contributed by atoms with van der Waals surface area (Å²) in [6.45, 7) is 5.77. The lowest BCUT2D eigenvalue weighted by Crippen LogP contribution is -2.48. The molecule has 9 heteroatoms. The summed E-state index contributed by atoms with van der Waals surface area (Å²) in [4.78, 5) is 42.5. The van der Waals surface area contributed by atoms with Crippen molar-refractivity contribution in [2.24, 2.45) is 5.92 Å². The number of benzene rings is 2. The largest absolute Gasteiger partial charge is 0.508 e. The lowest BCUT2D eigenvalue weighted by molar-refractivity contribution is -0.145. The standard InChI is InChI=1S/C29H35N3O5S/c1-19(2)15-23-18-38-29(31-23)25(13-14-27(35)37-17-22-7-5-4-6-8-22)32-28(36)26(30-20(3)33)16-21-9-11-24(34)12-10-21/h4-12,18-19,25-26,34H,13-17H2,1-3H3,(H,30,33)(H,32,36). The van der Waals surface area contributed by atoms with Crippen LogP contribution in [0.15, 0.2) is 60.0 Å². The molecule has 0 spiro atoms. The number of aromatic nitrogens is 1. The molecule has 0 aliphatic carbocycles. The van der Waals surface area contributed by atoms with Crippen LogP contribution in [0.1, 0.15) is 61.5 Å². The van der Waals surface area contributed by atoms with E-state index in [9.17, 15) is 19.5 Å². The van der Waals surface area contributed by atoms with Gasteiger partial charge in [0.05, 0.1) is 11.7 Å². The number of rotatable bonds is 13.